The maximum atomic E-state index is 4.67. The molecule has 1 aromatic carbocycles. The van der Waals surface area contributed by atoms with Crippen LogP contribution in [0.15, 0.2) is 42.7 Å². The first-order chi connectivity index (χ1) is 14.2. The maximum absolute atomic E-state index is 4.67. The molecule has 1 unspecified atom stereocenters. The minimum atomic E-state index is 0.518. The lowest BCUT2D eigenvalue weighted by Gasteiger charge is -2.29. The Morgan fingerprint density at radius 3 is 2.86 bits per heavy atom. The summed E-state index contributed by atoms with van der Waals surface area (Å²) in [5, 5.41) is 4.77. The van der Waals surface area contributed by atoms with Gasteiger partial charge in [-0.05, 0) is 75.4 Å². The van der Waals surface area contributed by atoms with Gasteiger partial charge in [0.05, 0.1) is 12.1 Å². The summed E-state index contributed by atoms with van der Waals surface area (Å²) < 4.78 is 2.28. The standard InChI is InChI=1S/C24H31N5/c1-3-28-13-12-26-23(28)17-29(22-15-24(22)8-10-25-11-9-24)16-19-5-7-21-20(14-19)6-4-18(2)27-21/h4-7,12-14,22,25H,3,8-11,15-17H2,1-2H3. The van der Waals surface area contributed by atoms with E-state index in [-0.39, 0.29) is 0 Å². The number of nitrogens with zero attached hydrogens (tertiary/aromatic N) is 4. The van der Waals surface area contributed by atoms with Crippen LogP contribution in [0.1, 0.15) is 43.3 Å². The van der Waals surface area contributed by atoms with Crippen LogP contribution in [-0.4, -0.2) is 38.6 Å². The predicted octanol–water partition coefficient (Wildman–Crippen LogP) is 3.90. The van der Waals surface area contributed by atoms with Gasteiger partial charge < -0.3 is 9.88 Å². The molecule has 5 heteroatoms. The SMILES string of the molecule is CCn1ccnc1CN(Cc1ccc2nc(C)ccc2c1)C1CC12CCNCC2. The number of aromatic nitrogens is 3. The highest BCUT2D eigenvalue weighted by Gasteiger charge is 2.56. The average Bonchev–Trinajstić information content (AvgIpc) is 3.22. The Hall–Kier alpha value is -2.24. The summed E-state index contributed by atoms with van der Waals surface area (Å²) in [4.78, 5) is 12.0. The first kappa shape index (κ1) is 18.8. The molecular formula is C24H31N5. The van der Waals surface area contributed by atoms with Crippen LogP contribution in [-0.2, 0) is 19.6 Å². The van der Waals surface area contributed by atoms with E-state index in [9.17, 15) is 0 Å². The number of pyridine rings is 1. The second kappa shape index (κ2) is 7.54. The van der Waals surface area contributed by atoms with Gasteiger partial charge >= 0.3 is 0 Å². The minimum absolute atomic E-state index is 0.518. The van der Waals surface area contributed by atoms with E-state index in [1.807, 2.05) is 6.20 Å². The second-order valence-corrected chi connectivity index (χ2v) is 8.85. The molecule has 0 radical (unpaired) electrons. The molecule has 0 bridgehead atoms. The Bertz CT molecular complexity index is 1000. The van der Waals surface area contributed by atoms with E-state index in [1.54, 1.807) is 0 Å². The van der Waals surface area contributed by atoms with Crippen molar-refractivity contribution >= 4 is 10.9 Å². The lowest BCUT2D eigenvalue weighted by Crippen LogP contribution is -2.36. The molecular weight excluding hydrogens is 358 g/mol. The Kier molecular flexibility index (Phi) is 4.88. The van der Waals surface area contributed by atoms with Gasteiger partial charge in [-0.15, -0.1) is 0 Å². The number of nitrogens with one attached hydrogen (secondary N) is 1. The van der Waals surface area contributed by atoms with Crippen LogP contribution >= 0.6 is 0 Å². The summed E-state index contributed by atoms with van der Waals surface area (Å²) in [6.07, 6.45) is 7.98. The van der Waals surface area contributed by atoms with Gasteiger partial charge in [0.25, 0.3) is 0 Å². The van der Waals surface area contributed by atoms with Crippen molar-refractivity contribution in [1.29, 1.82) is 0 Å². The van der Waals surface area contributed by atoms with Crippen LogP contribution in [0, 0.1) is 12.3 Å². The van der Waals surface area contributed by atoms with Crippen molar-refractivity contribution in [3.63, 3.8) is 0 Å². The van der Waals surface area contributed by atoms with Crippen LogP contribution in [0.25, 0.3) is 10.9 Å². The van der Waals surface area contributed by atoms with Crippen molar-refractivity contribution in [2.45, 2.75) is 58.8 Å². The number of piperidine rings is 1. The number of rotatable bonds is 6. The average molecular weight is 390 g/mol. The van der Waals surface area contributed by atoms with Crippen molar-refractivity contribution in [3.8, 4) is 0 Å². The van der Waals surface area contributed by atoms with Gasteiger partial charge in [0.2, 0.25) is 0 Å². The molecule has 152 valence electrons. The number of hydrogen-bond acceptors (Lipinski definition) is 4. The van der Waals surface area contributed by atoms with Crippen molar-refractivity contribution < 1.29 is 0 Å². The van der Waals surface area contributed by atoms with Gasteiger partial charge in [-0.2, -0.15) is 0 Å². The lowest BCUT2D eigenvalue weighted by molar-refractivity contribution is 0.182. The molecule has 1 N–H and O–H groups in total. The number of aryl methyl sites for hydroxylation is 2. The third-order valence-electron chi connectivity index (χ3n) is 6.95. The van der Waals surface area contributed by atoms with Crippen molar-refractivity contribution in [1.82, 2.24) is 24.8 Å². The molecule has 1 saturated heterocycles. The Balaban J connectivity index is 1.41. The number of fused-ring (bicyclic) bond motifs is 1. The summed E-state index contributed by atoms with van der Waals surface area (Å²) in [5.41, 5.74) is 4.05. The zero-order chi connectivity index (χ0) is 19.8. The van der Waals surface area contributed by atoms with E-state index in [2.05, 4.69) is 75.1 Å². The second-order valence-electron chi connectivity index (χ2n) is 8.85. The molecule has 1 aliphatic heterocycles. The molecule has 3 heterocycles. The Morgan fingerprint density at radius 2 is 2.03 bits per heavy atom. The van der Waals surface area contributed by atoms with Gasteiger partial charge in [-0.1, -0.05) is 12.1 Å². The molecule has 1 spiro atoms. The molecule has 1 saturated carbocycles. The number of imidazole rings is 1. The number of hydrogen-bond donors (Lipinski definition) is 1. The molecule has 2 aliphatic rings. The fourth-order valence-electron chi connectivity index (χ4n) is 5.15. The highest BCUT2D eigenvalue weighted by Crippen LogP contribution is 2.56. The lowest BCUT2D eigenvalue weighted by atomic mass is 9.93. The van der Waals surface area contributed by atoms with Gasteiger partial charge in [0.15, 0.2) is 0 Å². The molecule has 5 nitrogen and oxygen atoms in total. The quantitative estimate of drug-likeness (QED) is 0.694. The monoisotopic (exact) mass is 389 g/mol. The Morgan fingerprint density at radius 1 is 1.17 bits per heavy atom. The van der Waals surface area contributed by atoms with E-state index in [4.69, 9.17) is 0 Å². The summed E-state index contributed by atoms with van der Waals surface area (Å²) >= 11 is 0. The first-order valence-electron chi connectivity index (χ1n) is 11.0. The maximum Gasteiger partial charge on any atom is 0.122 e. The zero-order valence-corrected chi connectivity index (χ0v) is 17.6. The molecule has 1 atom stereocenters. The summed E-state index contributed by atoms with van der Waals surface area (Å²) in [7, 11) is 0. The minimum Gasteiger partial charge on any atom is -0.334 e. The fourth-order valence-corrected chi connectivity index (χ4v) is 5.15. The van der Waals surface area contributed by atoms with Crippen molar-refractivity contribution in [2.24, 2.45) is 5.41 Å². The molecule has 2 aromatic heterocycles. The van der Waals surface area contributed by atoms with E-state index in [0.717, 1.165) is 43.9 Å². The van der Waals surface area contributed by atoms with Crippen molar-refractivity contribution in [2.75, 3.05) is 13.1 Å². The topological polar surface area (TPSA) is 46.0 Å². The molecule has 5 rings (SSSR count). The summed E-state index contributed by atoms with van der Waals surface area (Å²) in [5.74, 6) is 1.18. The fraction of sp³-hybridized carbons (Fsp3) is 0.500. The van der Waals surface area contributed by atoms with Crippen LogP contribution in [0.3, 0.4) is 0 Å². The van der Waals surface area contributed by atoms with E-state index in [0.29, 0.717) is 11.5 Å². The summed E-state index contributed by atoms with van der Waals surface area (Å²) in [6, 6.07) is 11.7. The van der Waals surface area contributed by atoms with Crippen LogP contribution < -0.4 is 5.32 Å². The van der Waals surface area contributed by atoms with Crippen LogP contribution in [0.5, 0.6) is 0 Å². The van der Waals surface area contributed by atoms with Gasteiger partial charge in [0.1, 0.15) is 5.82 Å². The molecule has 1 aliphatic carbocycles. The molecule has 29 heavy (non-hydrogen) atoms. The predicted molar refractivity (Wildman–Crippen MR) is 117 cm³/mol. The molecule has 2 fully saturated rings. The zero-order valence-electron chi connectivity index (χ0n) is 17.6. The van der Waals surface area contributed by atoms with Crippen molar-refractivity contribution in [3.05, 3.63) is 59.8 Å². The van der Waals surface area contributed by atoms with Crippen LogP contribution in [0.2, 0.25) is 0 Å². The molecule has 0 amide bonds. The van der Waals surface area contributed by atoms with E-state index >= 15 is 0 Å². The summed E-state index contributed by atoms with van der Waals surface area (Å²) in [6.45, 7) is 9.44. The third kappa shape index (κ3) is 3.69. The van der Waals surface area contributed by atoms with Gasteiger partial charge in [0, 0.05) is 42.6 Å². The normalized spacial score (nSPS) is 20.6. The van der Waals surface area contributed by atoms with Gasteiger partial charge in [-0.3, -0.25) is 9.88 Å². The third-order valence-corrected chi connectivity index (χ3v) is 6.95. The Labute approximate surface area is 173 Å². The van der Waals surface area contributed by atoms with E-state index in [1.165, 1.54) is 36.0 Å². The largest absolute Gasteiger partial charge is 0.334 e. The smallest absolute Gasteiger partial charge is 0.122 e. The van der Waals surface area contributed by atoms with E-state index < -0.39 is 0 Å². The highest BCUT2D eigenvalue weighted by molar-refractivity contribution is 5.79. The van der Waals surface area contributed by atoms with Crippen LogP contribution in [0.4, 0.5) is 0 Å². The first-order valence-corrected chi connectivity index (χ1v) is 11.0. The number of benzene rings is 1. The highest BCUT2D eigenvalue weighted by atomic mass is 15.2. The van der Waals surface area contributed by atoms with Gasteiger partial charge in [-0.25, -0.2) is 4.98 Å². The molecule has 3 aromatic rings.